The van der Waals surface area contributed by atoms with Crippen molar-refractivity contribution in [1.82, 2.24) is 15.6 Å². The molecule has 174 valence electrons. The predicted octanol–water partition coefficient (Wildman–Crippen LogP) is 6.05. The summed E-state index contributed by atoms with van der Waals surface area (Å²) in [6.45, 7) is 2.94. The molecule has 1 heterocycles. The average molecular weight is 513 g/mol. The third-order valence-corrected chi connectivity index (χ3v) is 5.59. The predicted molar refractivity (Wildman–Crippen MR) is 134 cm³/mol. The van der Waals surface area contributed by atoms with E-state index in [9.17, 15) is 9.90 Å². The van der Waals surface area contributed by atoms with E-state index >= 15 is 0 Å². The zero-order chi connectivity index (χ0) is 23.5. The van der Waals surface area contributed by atoms with Crippen molar-refractivity contribution in [3.05, 3.63) is 64.3 Å². The highest BCUT2D eigenvalue weighted by molar-refractivity contribution is 9.10. The number of carbonyl (C=O) groups is 1. The van der Waals surface area contributed by atoms with E-state index in [1.165, 1.54) is 38.3 Å². The molecular formula is C25H29BrN4O3. The molecule has 0 fully saturated rings. The zero-order valence-corrected chi connectivity index (χ0v) is 20.3. The summed E-state index contributed by atoms with van der Waals surface area (Å²) < 4.78 is 6.61. The summed E-state index contributed by atoms with van der Waals surface area (Å²) in [6, 6.07) is 14.3. The van der Waals surface area contributed by atoms with Crippen LogP contribution in [-0.4, -0.2) is 34.0 Å². The maximum Gasteiger partial charge on any atom is 0.289 e. The first-order valence-corrected chi connectivity index (χ1v) is 12.0. The topological polar surface area (TPSA) is 99.6 Å². The highest BCUT2D eigenvalue weighted by Gasteiger charge is 2.11. The second kappa shape index (κ2) is 12.8. The number of phenolic OH excluding ortho intramolecular Hbond substituents is 1. The highest BCUT2D eigenvalue weighted by Crippen LogP contribution is 2.22. The van der Waals surface area contributed by atoms with Crippen LogP contribution in [0.4, 0.5) is 0 Å². The second-order valence-electron chi connectivity index (χ2n) is 7.71. The summed E-state index contributed by atoms with van der Waals surface area (Å²) in [5.74, 6) is 0.462. The highest BCUT2D eigenvalue weighted by atomic mass is 79.9. The van der Waals surface area contributed by atoms with Gasteiger partial charge < -0.3 is 9.84 Å². The number of hydrogen-bond donors (Lipinski definition) is 3. The number of rotatable bonds is 12. The van der Waals surface area contributed by atoms with Crippen LogP contribution < -0.4 is 10.2 Å². The number of nitrogens with zero attached hydrogens (tertiary/aromatic N) is 2. The van der Waals surface area contributed by atoms with Gasteiger partial charge in [0.25, 0.3) is 5.91 Å². The quantitative estimate of drug-likeness (QED) is 0.156. The van der Waals surface area contributed by atoms with Crippen LogP contribution in [0.5, 0.6) is 11.5 Å². The summed E-state index contributed by atoms with van der Waals surface area (Å²) in [5.41, 5.74) is 4.71. The Kier molecular flexibility index (Phi) is 9.50. The van der Waals surface area contributed by atoms with E-state index in [0.29, 0.717) is 11.3 Å². The van der Waals surface area contributed by atoms with Gasteiger partial charge in [-0.15, -0.1) is 0 Å². The van der Waals surface area contributed by atoms with Gasteiger partial charge in [-0.2, -0.15) is 10.2 Å². The van der Waals surface area contributed by atoms with Gasteiger partial charge in [0.05, 0.1) is 18.5 Å². The summed E-state index contributed by atoms with van der Waals surface area (Å²) >= 11 is 3.33. The largest absolute Gasteiger partial charge is 0.507 e. The average Bonchev–Trinajstić information content (AvgIpc) is 3.31. The number of amides is 1. The molecule has 8 heteroatoms. The Morgan fingerprint density at radius 3 is 2.67 bits per heavy atom. The minimum atomic E-state index is -0.432. The van der Waals surface area contributed by atoms with Crippen LogP contribution in [-0.2, 0) is 0 Å². The smallest absolute Gasteiger partial charge is 0.289 e. The van der Waals surface area contributed by atoms with Gasteiger partial charge in [-0.3, -0.25) is 9.89 Å². The lowest BCUT2D eigenvalue weighted by Gasteiger charge is -2.06. The summed E-state index contributed by atoms with van der Waals surface area (Å²) in [4.78, 5) is 12.3. The van der Waals surface area contributed by atoms with Crippen LogP contribution in [0, 0.1) is 0 Å². The van der Waals surface area contributed by atoms with Crippen LogP contribution in [0.1, 0.15) is 61.5 Å². The van der Waals surface area contributed by atoms with E-state index in [-0.39, 0.29) is 11.4 Å². The third-order valence-electron chi connectivity index (χ3n) is 5.10. The second-order valence-corrected chi connectivity index (χ2v) is 8.63. The number of hydrogen-bond acceptors (Lipinski definition) is 5. The fourth-order valence-corrected chi connectivity index (χ4v) is 3.61. The number of hydrazone groups is 1. The number of carbonyl (C=O) groups excluding carboxylic acids is 1. The monoisotopic (exact) mass is 512 g/mol. The molecular weight excluding hydrogens is 484 g/mol. The minimum Gasteiger partial charge on any atom is -0.507 e. The van der Waals surface area contributed by atoms with Gasteiger partial charge in [-0.25, -0.2) is 5.43 Å². The number of aromatic hydroxyl groups is 1. The number of unbranched alkanes of at least 4 members (excludes halogenated alkanes) is 5. The first-order valence-electron chi connectivity index (χ1n) is 11.2. The molecule has 33 heavy (non-hydrogen) atoms. The maximum atomic E-state index is 12.3. The zero-order valence-electron chi connectivity index (χ0n) is 18.7. The Labute approximate surface area is 202 Å². The lowest BCUT2D eigenvalue weighted by molar-refractivity contribution is 0.0950. The molecule has 0 aliphatic heterocycles. The van der Waals surface area contributed by atoms with E-state index < -0.39 is 5.91 Å². The molecule has 3 aromatic rings. The fourth-order valence-electron chi connectivity index (χ4n) is 3.23. The normalized spacial score (nSPS) is 11.1. The molecule has 1 amide bonds. The van der Waals surface area contributed by atoms with Crippen LogP contribution in [0.25, 0.3) is 11.3 Å². The van der Waals surface area contributed by atoms with Gasteiger partial charge in [0, 0.05) is 15.6 Å². The van der Waals surface area contributed by atoms with Crippen molar-refractivity contribution in [2.45, 2.75) is 45.4 Å². The van der Waals surface area contributed by atoms with Crippen LogP contribution in [0.15, 0.2) is 58.1 Å². The van der Waals surface area contributed by atoms with Crippen molar-refractivity contribution in [2.75, 3.05) is 6.61 Å². The Bertz CT molecular complexity index is 1060. The molecule has 0 radical (unpaired) electrons. The lowest BCUT2D eigenvalue weighted by atomic mass is 10.1. The summed E-state index contributed by atoms with van der Waals surface area (Å²) in [6.07, 6.45) is 8.77. The van der Waals surface area contributed by atoms with Gasteiger partial charge in [0.2, 0.25) is 0 Å². The maximum absolute atomic E-state index is 12.3. The number of aromatic nitrogens is 2. The molecule has 3 rings (SSSR count). The van der Waals surface area contributed by atoms with Crippen LogP contribution in [0.2, 0.25) is 0 Å². The molecule has 0 aliphatic carbocycles. The van der Waals surface area contributed by atoms with Gasteiger partial charge in [0.15, 0.2) is 0 Å². The van der Waals surface area contributed by atoms with Crippen LogP contribution >= 0.6 is 15.9 Å². The molecule has 2 aromatic carbocycles. The lowest BCUT2D eigenvalue weighted by Crippen LogP contribution is -2.18. The Balaban J connectivity index is 1.48. The van der Waals surface area contributed by atoms with Gasteiger partial charge in [-0.1, -0.05) is 55.0 Å². The Hall–Kier alpha value is -3.13. The van der Waals surface area contributed by atoms with E-state index in [2.05, 4.69) is 43.6 Å². The van der Waals surface area contributed by atoms with Crippen molar-refractivity contribution in [3.8, 4) is 22.8 Å². The summed E-state index contributed by atoms with van der Waals surface area (Å²) in [7, 11) is 0. The van der Waals surface area contributed by atoms with Gasteiger partial charge in [-0.05, 0) is 55.0 Å². The number of H-pyrrole nitrogens is 1. The third kappa shape index (κ3) is 7.75. The number of aromatic amines is 1. The van der Waals surface area contributed by atoms with Crippen molar-refractivity contribution < 1.29 is 14.6 Å². The molecule has 0 spiro atoms. The van der Waals surface area contributed by atoms with Crippen molar-refractivity contribution >= 4 is 28.1 Å². The number of ether oxygens (including phenoxy) is 1. The summed E-state index contributed by atoms with van der Waals surface area (Å²) in [5, 5.41) is 20.7. The molecule has 0 atom stereocenters. The van der Waals surface area contributed by atoms with E-state index in [0.717, 1.165) is 28.8 Å². The van der Waals surface area contributed by atoms with Crippen LogP contribution in [0.3, 0.4) is 0 Å². The fraction of sp³-hybridized carbons (Fsp3) is 0.320. The first-order chi connectivity index (χ1) is 16.1. The Morgan fingerprint density at radius 1 is 1.12 bits per heavy atom. The van der Waals surface area contributed by atoms with Crippen molar-refractivity contribution in [2.24, 2.45) is 5.10 Å². The standard InChI is InChI=1S/C25H29BrN4O3/c1-2-3-4-5-6-7-14-33-21-11-8-18(9-12-21)22-16-23(29-28-22)25(32)30-27-17-19-15-20(26)10-13-24(19)31/h8-13,15-17,31H,2-7,14H2,1H3,(H,28,29)(H,30,32)/b27-17+. The molecule has 3 N–H and O–H groups in total. The molecule has 7 nitrogen and oxygen atoms in total. The molecule has 0 bridgehead atoms. The SMILES string of the molecule is CCCCCCCCOc1ccc(-c2cc(C(=O)N/N=C/c3cc(Br)ccc3O)[nH]n2)cc1. The first kappa shape index (κ1) is 24.5. The van der Waals surface area contributed by atoms with E-state index in [4.69, 9.17) is 4.74 Å². The molecule has 0 unspecified atom stereocenters. The van der Waals surface area contributed by atoms with E-state index in [1.54, 1.807) is 24.3 Å². The number of benzene rings is 2. The van der Waals surface area contributed by atoms with Crippen molar-refractivity contribution in [1.29, 1.82) is 0 Å². The minimum absolute atomic E-state index is 0.0689. The number of phenols is 1. The molecule has 0 saturated heterocycles. The van der Waals surface area contributed by atoms with E-state index in [1.807, 2.05) is 24.3 Å². The van der Waals surface area contributed by atoms with Gasteiger partial charge >= 0.3 is 0 Å². The molecule has 0 aliphatic rings. The molecule has 0 saturated carbocycles. The van der Waals surface area contributed by atoms with Crippen molar-refractivity contribution in [3.63, 3.8) is 0 Å². The molecule has 1 aromatic heterocycles. The van der Waals surface area contributed by atoms with Gasteiger partial charge in [0.1, 0.15) is 17.2 Å². The number of nitrogens with one attached hydrogen (secondary N) is 2. The number of halogens is 1. The Morgan fingerprint density at radius 2 is 1.88 bits per heavy atom.